The van der Waals surface area contributed by atoms with Crippen molar-refractivity contribution >= 4 is 6.09 Å². The van der Waals surface area contributed by atoms with Crippen molar-refractivity contribution in [3.63, 3.8) is 0 Å². The van der Waals surface area contributed by atoms with Gasteiger partial charge in [0.1, 0.15) is 17.5 Å². The third kappa shape index (κ3) is 3.12. The number of aromatic nitrogens is 1. The van der Waals surface area contributed by atoms with Crippen molar-refractivity contribution in [2.45, 2.75) is 51.4 Å². The molecule has 1 saturated heterocycles. The van der Waals surface area contributed by atoms with Crippen LogP contribution >= 0.6 is 0 Å². The van der Waals surface area contributed by atoms with Crippen LogP contribution in [0.4, 0.5) is 4.79 Å². The molecule has 0 radical (unpaired) electrons. The second-order valence-electron chi connectivity index (χ2n) is 6.86. The molecule has 0 aromatic carbocycles. The molecule has 1 aliphatic heterocycles. The van der Waals surface area contributed by atoms with Crippen molar-refractivity contribution in [3.8, 4) is 5.75 Å². The van der Waals surface area contributed by atoms with E-state index >= 15 is 0 Å². The summed E-state index contributed by atoms with van der Waals surface area (Å²) in [4.78, 5) is 18.0. The maximum absolute atomic E-state index is 12.2. The second-order valence-corrected chi connectivity index (χ2v) is 6.86. The van der Waals surface area contributed by atoms with E-state index < -0.39 is 5.60 Å². The number of hydrogen-bond donors (Lipinski definition) is 0. The Labute approximate surface area is 125 Å². The molecule has 5 nitrogen and oxygen atoms in total. The van der Waals surface area contributed by atoms with E-state index in [-0.39, 0.29) is 18.2 Å². The Morgan fingerprint density at radius 2 is 2.00 bits per heavy atom. The molecule has 1 saturated carbocycles. The van der Waals surface area contributed by atoms with Crippen LogP contribution in [0.2, 0.25) is 0 Å². The Bertz CT molecular complexity index is 512. The number of rotatable bonds is 2. The van der Waals surface area contributed by atoms with Crippen LogP contribution in [0, 0.1) is 5.92 Å². The summed E-state index contributed by atoms with van der Waals surface area (Å²) >= 11 is 0. The number of pyridine rings is 1. The lowest BCUT2D eigenvalue weighted by atomic mass is 10.1. The number of hydrogen-bond acceptors (Lipinski definition) is 4. The zero-order valence-corrected chi connectivity index (χ0v) is 12.8. The van der Waals surface area contributed by atoms with Crippen molar-refractivity contribution in [1.29, 1.82) is 0 Å². The highest BCUT2D eigenvalue weighted by Crippen LogP contribution is 2.40. The molecule has 2 aliphatic rings. The van der Waals surface area contributed by atoms with Gasteiger partial charge < -0.3 is 14.4 Å². The SMILES string of the molecule is CC(C)(C)OC(=O)N1C[C@@H]2C[C@H]1C[C@@H]2Oc1ccncc1. The first-order valence-electron chi connectivity index (χ1n) is 7.49. The fourth-order valence-electron chi connectivity index (χ4n) is 3.19. The number of fused-ring (bicyclic) bond motifs is 2. The number of carbonyl (C=O) groups excluding carboxylic acids is 1. The topological polar surface area (TPSA) is 51.7 Å². The van der Waals surface area contributed by atoms with Crippen LogP contribution in [-0.2, 0) is 4.74 Å². The highest BCUT2D eigenvalue weighted by atomic mass is 16.6. The van der Waals surface area contributed by atoms with Gasteiger partial charge in [0.2, 0.25) is 0 Å². The molecule has 114 valence electrons. The van der Waals surface area contributed by atoms with E-state index in [4.69, 9.17) is 9.47 Å². The molecule has 5 heteroatoms. The summed E-state index contributed by atoms with van der Waals surface area (Å²) in [6.07, 6.45) is 5.35. The van der Waals surface area contributed by atoms with Gasteiger partial charge in [-0.05, 0) is 39.3 Å². The first kappa shape index (κ1) is 14.2. The summed E-state index contributed by atoms with van der Waals surface area (Å²) in [5.74, 6) is 1.25. The van der Waals surface area contributed by atoms with Gasteiger partial charge in [0.25, 0.3) is 0 Å². The predicted molar refractivity (Wildman–Crippen MR) is 78.1 cm³/mol. The smallest absolute Gasteiger partial charge is 0.410 e. The molecule has 3 atom stereocenters. The van der Waals surface area contributed by atoms with Crippen LogP contribution in [-0.4, -0.2) is 40.3 Å². The minimum atomic E-state index is -0.439. The normalized spacial score (nSPS) is 27.8. The lowest BCUT2D eigenvalue weighted by Crippen LogP contribution is -2.45. The van der Waals surface area contributed by atoms with E-state index in [1.165, 1.54) is 0 Å². The van der Waals surface area contributed by atoms with Gasteiger partial charge in [-0.1, -0.05) is 0 Å². The summed E-state index contributed by atoms with van der Waals surface area (Å²) in [6, 6.07) is 3.99. The third-order valence-electron chi connectivity index (χ3n) is 4.04. The van der Waals surface area contributed by atoms with Gasteiger partial charge in [-0.2, -0.15) is 0 Å². The Morgan fingerprint density at radius 3 is 2.57 bits per heavy atom. The molecular weight excluding hydrogens is 268 g/mol. The lowest BCUT2D eigenvalue weighted by molar-refractivity contribution is 0.0105. The van der Waals surface area contributed by atoms with Gasteiger partial charge in [0, 0.05) is 37.3 Å². The highest BCUT2D eigenvalue weighted by Gasteiger charge is 2.48. The van der Waals surface area contributed by atoms with E-state index in [1.807, 2.05) is 37.8 Å². The van der Waals surface area contributed by atoms with Gasteiger partial charge in [-0.25, -0.2) is 4.79 Å². The van der Waals surface area contributed by atoms with Crippen LogP contribution < -0.4 is 4.74 Å². The minimum Gasteiger partial charge on any atom is -0.490 e. The van der Waals surface area contributed by atoms with E-state index in [0.717, 1.165) is 25.1 Å². The number of amides is 1. The van der Waals surface area contributed by atoms with E-state index in [9.17, 15) is 4.79 Å². The molecule has 0 spiro atoms. The molecule has 0 N–H and O–H groups in total. The van der Waals surface area contributed by atoms with Crippen LogP contribution in [0.15, 0.2) is 24.5 Å². The van der Waals surface area contributed by atoms with E-state index in [1.54, 1.807) is 12.4 Å². The Morgan fingerprint density at radius 1 is 1.29 bits per heavy atom. The zero-order chi connectivity index (χ0) is 15.0. The van der Waals surface area contributed by atoms with Crippen molar-refractivity contribution in [2.24, 2.45) is 5.92 Å². The second kappa shape index (κ2) is 5.20. The van der Waals surface area contributed by atoms with Crippen molar-refractivity contribution in [3.05, 3.63) is 24.5 Å². The summed E-state index contributed by atoms with van der Waals surface area (Å²) < 4.78 is 11.5. The Kier molecular flexibility index (Phi) is 3.51. The molecule has 0 unspecified atom stereocenters. The molecular formula is C16H22N2O3. The van der Waals surface area contributed by atoms with Crippen molar-refractivity contribution in [1.82, 2.24) is 9.88 Å². The standard InChI is InChI=1S/C16H22N2O3/c1-16(2,3)21-15(19)18-10-11-8-12(18)9-14(11)20-13-4-6-17-7-5-13/h4-7,11-12,14H,8-10H2,1-3H3/t11-,12-,14-/m0/s1. The number of likely N-dealkylation sites (tertiary alicyclic amines) is 1. The van der Waals surface area contributed by atoms with Crippen molar-refractivity contribution < 1.29 is 14.3 Å². The summed E-state index contributed by atoms with van der Waals surface area (Å²) in [5.41, 5.74) is -0.439. The summed E-state index contributed by atoms with van der Waals surface area (Å²) in [5, 5.41) is 0. The summed E-state index contributed by atoms with van der Waals surface area (Å²) in [7, 11) is 0. The first-order valence-corrected chi connectivity index (χ1v) is 7.49. The number of ether oxygens (including phenoxy) is 2. The van der Waals surface area contributed by atoms with Gasteiger partial charge in [0.05, 0.1) is 0 Å². The first-order chi connectivity index (χ1) is 9.92. The average Bonchev–Trinajstić information content (AvgIpc) is 2.97. The fraction of sp³-hybridized carbons (Fsp3) is 0.625. The molecule has 1 aromatic rings. The molecule has 21 heavy (non-hydrogen) atoms. The molecule has 2 bridgehead atoms. The van der Waals surface area contributed by atoms with E-state index in [0.29, 0.717) is 5.92 Å². The van der Waals surface area contributed by atoms with Crippen LogP contribution in [0.3, 0.4) is 0 Å². The average molecular weight is 290 g/mol. The largest absolute Gasteiger partial charge is 0.490 e. The fourth-order valence-corrected chi connectivity index (χ4v) is 3.19. The van der Waals surface area contributed by atoms with Gasteiger partial charge >= 0.3 is 6.09 Å². The quantitative estimate of drug-likeness (QED) is 0.840. The van der Waals surface area contributed by atoms with Crippen LogP contribution in [0.5, 0.6) is 5.75 Å². The molecule has 1 aliphatic carbocycles. The predicted octanol–water partition coefficient (Wildman–Crippen LogP) is 2.86. The molecule has 1 amide bonds. The van der Waals surface area contributed by atoms with Crippen LogP contribution in [0.1, 0.15) is 33.6 Å². The molecule has 3 rings (SSSR count). The van der Waals surface area contributed by atoms with Gasteiger partial charge in [-0.3, -0.25) is 4.98 Å². The number of carbonyl (C=O) groups is 1. The lowest BCUT2D eigenvalue weighted by Gasteiger charge is -2.33. The maximum Gasteiger partial charge on any atom is 0.410 e. The van der Waals surface area contributed by atoms with Crippen molar-refractivity contribution in [2.75, 3.05) is 6.54 Å². The van der Waals surface area contributed by atoms with E-state index in [2.05, 4.69) is 4.98 Å². The molecule has 1 aromatic heterocycles. The van der Waals surface area contributed by atoms with Crippen LogP contribution in [0.25, 0.3) is 0 Å². The summed E-state index contributed by atoms with van der Waals surface area (Å²) in [6.45, 7) is 6.42. The number of nitrogens with zero attached hydrogens (tertiary/aromatic N) is 2. The third-order valence-corrected chi connectivity index (χ3v) is 4.04. The maximum atomic E-state index is 12.2. The van der Waals surface area contributed by atoms with Gasteiger partial charge in [0.15, 0.2) is 0 Å². The highest BCUT2D eigenvalue weighted by molar-refractivity contribution is 5.69. The Balaban J connectivity index is 1.58. The zero-order valence-electron chi connectivity index (χ0n) is 12.8. The molecule has 2 heterocycles. The minimum absolute atomic E-state index is 0.191. The Hall–Kier alpha value is -1.78. The number of piperidine rings is 1. The molecule has 2 fully saturated rings. The monoisotopic (exact) mass is 290 g/mol. The van der Waals surface area contributed by atoms with Gasteiger partial charge in [-0.15, -0.1) is 0 Å².